The van der Waals surface area contributed by atoms with Crippen LogP contribution in [0, 0.1) is 5.92 Å². The Balaban J connectivity index is 0.997. The lowest BCUT2D eigenvalue weighted by Crippen LogP contribution is -2.55. The summed E-state index contributed by atoms with van der Waals surface area (Å²) in [7, 11) is -0.906. The Labute approximate surface area is 396 Å². The number of piperidine rings is 1. The number of nitrogens with zero attached hydrogens (tertiary/aromatic N) is 4. The number of benzene rings is 5. The van der Waals surface area contributed by atoms with E-state index in [-0.39, 0.29) is 54.8 Å². The van der Waals surface area contributed by atoms with Gasteiger partial charge in [0.2, 0.25) is 5.91 Å². The highest BCUT2D eigenvalue weighted by Crippen LogP contribution is 2.60. The molecule has 5 heterocycles. The standard InChI is InChI=1S/C53H58BrN5O6Si/c1-35-49(66(3,4)44-20-18-43(64-2)19-21-44)47(30-48(61)56-32-38-13-9-8-12-37(38)28-42(56)33-60)65-53(35)45-29-39(54)17-22-46(45)57(51(53)63)31-36-11-10-16-41(27-36)58-34-59(40-14-6-5-7-15-40)52(50(58)62)23-25-55-26-24-52/h5-22,27,29,35,42,47,49,55,60H,23-26,28,30-34H2,1-4H3/t35-,42-,47+,49-,53+/m0/s1. The summed E-state index contributed by atoms with van der Waals surface area (Å²) < 4.78 is 13.8. The number of carbonyl (C=O) groups is 3. The van der Waals surface area contributed by atoms with Crippen LogP contribution < -0.4 is 29.9 Å². The molecule has 0 saturated carbocycles. The van der Waals surface area contributed by atoms with Gasteiger partial charge in [-0.2, -0.15) is 0 Å². The zero-order chi connectivity index (χ0) is 46.0. The van der Waals surface area contributed by atoms with Crippen molar-refractivity contribution in [1.82, 2.24) is 10.2 Å². The van der Waals surface area contributed by atoms with Gasteiger partial charge in [0.25, 0.3) is 11.8 Å². The minimum atomic E-state index is -2.57. The summed E-state index contributed by atoms with van der Waals surface area (Å²) in [5.41, 5.74) is 4.31. The van der Waals surface area contributed by atoms with E-state index in [1.54, 1.807) is 7.11 Å². The SMILES string of the molecule is COc1ccc([Si](C)(C)[C@@H]2[C@@H](CC(=O)N3Cc4ccccc4C[C@H]3CO)O[C@]3(C(=O)N(Cc4cccc(N5CN(c6ccccc6)C6(CCNCC6)C5=O)c4)c4ccc(Br)cc43)[C@H]2C)cc1. The average Bonchev–Trinajstić information content (AvgIpc) is 3.88. The number of hydrogen-bond donors (Lipinski definition) is 2. The maximum Gasteiger partial charge on any atom is 0.264 e. The number of amides is 3. The molecule has 5 aromatic rings. The number of anilines is 3. The number of aliphatic hydroxyl groups is 1. The van der Waals surface area contributed by atoms with E-state index in [9.17, 15) is 14.7 Å². The lowest BCUT2D eigenvalue weighted by molar-refractivity contribution is -0.151. The van der Waals surface area contributed by atoms with Gasteiger partial charge in [0.05, 0.1) is 59.3 Å². The lowest BCUT2D eigenvalue weighted by atomic mass is 9.82. The Morgan fingerprint density at radius 3 is 2.32 bits per heavy atom. The zero-order valence-corrected chi connectivity index (χ0v) is 40.7. The molecule has 5 aromatic carbocycles. The molecule has 342 valence electrons. The monoisotopic (exact) mass is 967 g/mol. The van der Waals surface area contributed by atoms with Crippen LogP contribution in [-0.2, 0) is 44.2 Å². The highest BCUT2D eigenvalue weighted by molar-refractivity contribution is 9.10. The molecule has 13 heteroatoms. The first-order valence-corrected chi connectivity index (χ1v) is 27.1. The van der Waals surface area contributed by atoms with Crippen molar-refractivity contribution < 1.29 is 29.0 Å². The predicted molar refractivity (Wildman–Crippen MR) is 264 cm³/mol. The van der Waals surface area contributed by atoms with Crippen molar-refractivity contribution in [1.29, 1.82) is 0 Å². The number of nitrogens with one attached hydrogen (secondary N) is 1. The quantitative estimate of drug-likeness (QED) is 0.139. The van der Waals surface area contributed by atoms with E-state index in [2.05, 4.69) is 88.6 Å². The normalized spacial score (nSPS) is 24.6. The molecule has 0 radical (unpaired) electrons. The number of halogens is 1. The van der Waals surface area contributed by atoms with Gasteiger partial charge >= 0.3 is 0 Å². The van der Waals surface area contributed by atoms with Gasteiger partial charge in [-0.05, 0) is 109 Å². The van der Waals surface area contributed by atoms with Crippen LogP contribution in [0.25, 0.3) is 0 Å². The second-order valence-electron chi connectivity index (χ2n) is 19.3. The van der Waals surface area contributed by atoms with Gasteiger partial charge in [-0.3, -0.25) is 19.3 Å². The number of carbonyl (C=O) groups excluding carboxylic acids is 3. The molecule has 5 aliphatic heterocycles. The fraction of sp³-hybridized carbons (Fsp3) is 0.377. The molecule has 0 aromatic heterocycles. The number of hydrogen-bond acceptors (Lipinski definition) is 8. The van der Waals surface area contributed by atoms with Gasteiger partial charge in [0, 0.05) is 33.9 Å². The smallest absolute Gasteiger partial charge is 0.264 e. The Bertz CT molecular complexity index is 2660. The van der Waals surface area contributed by atoms with Gasteiger partial charge in [-0.25, -0.2) is 0 Å². The first-order chi connectivity index (χ1) is 31.9. The molecule has 10 rings (SSSR count). The minimum Gasteiger partial charge on any atom is -0.497 e. The second-order valence-corrected chi connectivity index (χ2v) is 24.9. The first kappa shape index (κ1) is 44.5. The summed E-state index contributed by atoms with van der Waals surface area (Å²) in [4.78, 5) is 53.0. The van der Waals surface area contributed by atoms with Crippen molar-refractivity contribution in [2.45, 2.75) is 87.6 Å². The van der Waals surface area contributed by atoms with E-state index >= 15 is 4.79 Å². The summed E-state index contributed by atoms with van der Waals surface area (Å²) >= 11 is 3.75. The van der Waals surface area contributed by atoms with Gasteiger partial charge in [-0.15, -0.1) is 0 Å². The van der Waals surface area contributed by atoms with Gasteiger partial charge in [0.1, 0.15) is 11.3 Å². The Morgan fingerprint density at radius 2 is 1.59 bits per heavy atom. The van der Waals surface area contributed by atoms with E-state index in [4.69, 9.17) is 9.47 Å². The molecule has 3 saturated heterocycles. The molecule has 3 amide bonds. The van der Waals surface area contributed by atoms with Crippen LogP contribution in [0.4, 0.5) is 17.1 Å². The van der Waals surface area contributed by atoms with Crippen LogP contribution in [0.5, 0.6) is 5.75 Å². The second kappa shape index (κ2) is 17.4. The highest BCUT2D eigenvalue weighted by Gasteiger charge is 2.66. The van der Waals surface area contributed by atoms with Gasteiger partial charge in [-0.1, -0.05) is 108 Å². The van der Waals surface area contributed by atoms with Gasteiger partial charge < -0.3 is 34.6 Å². The highest BCUT2D eigenvalue weighted by atomic mass is 79.9. The number of fused-ring (bicyclic) bond motifs is 3. The van der Waals surface area contributed by atoms with Crippen molar-refractivity contribution >= 4 is 64.0 Å². The van der Waals surface area contributed by atoms with E-state index in [0.717, 1.165) is 62.6 Å². The molecule has 0 bridgehead atoms. The van der Waals surface area contributed by atoms with E-state index in [1.165, 1.54) is 5.19 Å². The van der Waals surface area contributed by atoms with E-state index in [0.29, 0.717) is 32.5 Å². The molecule has 3 fully saturated rings. The maximum absolute atomic E-state index is 15.7. The summed E-state index contributed by atoms with van der Waals surface area (Å²) in [5, 5.41) is 15.2. The summed E-state index contributed by atoms with van der Waals surface area (Å²) in [6, 6.07) is 40.2. The molecule has 0 aliphatic carbocycles. The fourth-order valence-electron chi connectivity index (χ4n) is 12.1. The number of ether oxygens (including phenoxy) is 2. The van der Waals surface area contributed by atoms with E-state index < -0.39 is 25.3 Å². The Hall–Kier alpha value is -5.31. The Kier molecular flexibility index (Phi) is 11.7. The third kappa shape index (κ3) is 7.29. The van der Waals surface area contributed by atoms with Crippen molar-refractivity contribution in [2.24, 2.45) is 5.92 Å². The van der Waals surface area contributed by atoms with Crippen LogP contribution in [0.1, 0.15) is 48.4 Å². The molecular weight excluding hydrogens is 911 g/mol. The molecule has 0 unspecified atom stereocenters. The zero-order valence-electron chi connectivity index (χ0n) is 38.1. The number of para-hydroxylation sites is 1. The summed E-state index contributed by atoms with van der Waals surface area (Å²) in [6.07, 6.45) is 1.48. The Morgan fingerprint density at radius 1 is 0.879 bits per heavy atom. The predicted octanol–water partition coefficient (Wildman–Crippen LogP) is 7.49. The van der Waals surface area contributed by atoms with Crippen LogP contribution >= 0.6 is 15.9 Å². The average molecular weight is 969 g/mol. The molecule has 2 N–H and O–H groups in total. The fourth-order valence-corrected chi connectivity index (χ4v) is 16.5. The summed E-state index contributed by atoms with van der Waals surface area (Å²) in [5.74, 6) is 0.289. The topological polar surface area (TPSA) is 115 Å². The summed E-state index contributed by atoms with van der Waals surface area (Å²) in [6.45, 7) is 9.27. The first-order valence-electron chi connectivity index (χ1n) is 23.3. The van der Waals surface area contributed by atoms with E-state index in [1.807, 2.05) is 93.6 Å². The third-order valence-electron chi connectivity index (χ3n) is 15.6. The van der Waals surface area contributed by atoms with Crippen LogP contribution in [0.2, 0.25) is 18.6 Å². The van der Waals surface area contributed by atoms with Crippen LogP contribution in [0.3, 0.4) is 0 Å². The van der Waals surface area contributed by atoms with Crippen LogP contribution in [0.15, 0.2) is 126 Å². The van der Waals surface area contributed by atoms with Crippen molar-refractivity contribution in [3.05, 3.63) is 148 Å². The minimum absolute atomic E-state index is 0.0715. The number of aliphatic hydroxyl groups excluding tert-OH is 1. The van der Waals surface area contributed by atoms with Crippen molar-refractivity contribution in [3.8, 4) is 5.75 Å². The third-order valence-corrected chi connectivity index (χ3v) is 20.4. The van der Waals surface area contributed by atoms with Crippen molar-refractivity contribution in [2.75, 3.05) is 48.2 Å². The molecule has 11 nitrogen and oxygen atoms in total. The molecule has 5 atom stereocenters. The number of rotatable bonds is 10. The largest absolute Gasteiger partial charge is 0.497 e. The molecule has 66 heavy (non-hydrogen) atoms. The molecular formula is C53H58BrN5O6Si. The van der Waals surface area contributed by atoms with Gasteiger partial charge in [0.15, 0.2) is 5.60 Å². The maximum atomic E-state index is 15.7. The molecule has 2 spiro atoms. The van der Waals surface area contributed by atoms with Crippen LogP contribution in [-0.4, -0.2) is 87.0 Å². The lowest BCUT2D eigenvalue weighted by Gasteiger charge is -2.39. The van der Waals surface area contributed by atoms with Crippen molar-refractivity contribution in [3.63, 3.8) is 0 Å². The number of methoxy groups -OCH3 is 1. The molecule has 5 aliphatic rings.